The summed E-state index contributed by atoms with van der Waals surface area (Å²) in [6.45, 7) is 2.55. The van der Waals surface area contributed by atoms with E-state index in [1.54, 1.807) is 6.07 Å². The van der Waals surface area contributed by atoms with Crippen molar-refractivity contribution in [1.29, 1.82) is 0 Å². The van der Waals surface area contributed by atoms with Crippen LogP contribution in [0.2, 0.25) is 0 Å². The molecule has 0 amide bonds. The fraction of sp³-hybridized carbons (Fsp3) is 0.615. The average molecular weight is 409 g/mol. The van der Waals surface area contributed by atoms with Gasteiger partial charge in [-0.15, -0.1) is 0 Å². The molecule has 0 spiro atoms. The molecule has 4 heteroatoms. The van der Waals surface area contributed by atoms with Gasteiger partial charge in [0.2, 0.25) is 0 Å². The minimum atomic E-state index is -0.829. The first-order chi connectivity index (χ1) is 14.4. The Bertz CT molecular complexity index is 917. The molecule has 5 rings (SSSR count). The summed E-state index contributed by atoms with van der Waals surface area (Å²) in [6, 6.07) is 7.57. The van der Waals surface area contributed by atoms with E-state index in [0.29, 0.717) is 29.7 Å². The van der Waals surface area contributed by atoms with Gasteiger partial charge >= 0.3 is 5.97 Å². The zero-order chi connectivity index (χ0) is 21.1. The zero-order valence-corrected chi connectivity index (χ0v) is 17.8. The summed E-state index contributed by atoms with van der Waals surface area (Å²) in [4.78, 5) is 23.9. The zero-order valence-electron chi connectivity index (χ0n) is 17.8. The highest BCUT2D eigenvalue weighted by molar-refractivity contribution is 5.91. The molecule has 0 aliphatic heterocycles. The molecule has 3 saturated carbocycles. The summed E-state index contributed by atoms with van der Waals surface area (Å²) in [5.41, 5.74) is 2.57. The second-order valence-electron chi connectivity index (χ2n) is 10.4. The topological polar surface area (TPSA) is 74.6 Å². The Kier molecular flexibility index (Phi) is 4.70. The van der Waals surface area contributed by atoms with E-state index >= 15 is 0 Å². The number of benzene rings is 1. The van der Waals surface area contributed by atoms with Crippen LogP contribution in [0.3, 0.4) is 0 Å². The van der Waals surface area contributed by atoms with Crippen molar-refractivity contribution in [1.82, 2.24) is 0 Å². The van der Waals surface area contributed by atoms with E-state index in [0.717, 1.165) is 50.5 Å². The molecule has 0 saturated heterocycles. The van der Waals surface area contributed by atoms with E-state index in [1.807, 2.05) is 24.3 Å². The lowest BCUT2D eigenvalue weighted by molar-refractivity contribution is -0.119. The molecule has 0 aromatic heterocycles. The lowest BCUT2D eigenvalue weighted by atomic mass is 9.46. The van der Waals surface area contributed by atoms with Gasteiger partial charge in [-0.2, -0.15) is 0 Å². The van der Waals surface area contributed by atoms with Crippen LogP contribution >= 0.6 is 0 Å². The van der Waals surface area contributed by atoms with Crippen LogP contribution in [0.4, 0.5) is 0 Å². The average Bonchev–Trinajstić information content (AvgIpc) is 3.10. The van der Waals surface area contributed by atoms with Crippen molar-refractivity contribution in [3.8, 4) is 0 Å². The summed E-state index contributed by atoms with van der Waals surface area (Å²) in [7, 11) is 0. The highest BCUT2D eigenvalue weighted by atomic mass is 16.4. The lowest BCUT2D eigenvalue weighted by Crippen LogP contribution is -2.52. The van der Waals surface area contributed by atoms with Gasteiger partial charge in [-0.1, -0.05) is 30.7 Å². The summed E-state index contributed by atoms with van der Waals surface area (Å²) in [5, 5.41) is 20.3. The molecule has 1 aromatic carbocycles. The number of aliphatic hydroxyl groups excluding tert-OH is 1. The molecule has 0 heterocycles. The van der Waals surface area contributed by atoms with Crippen molar-refractivity contribution in [2.24, 2.45) is 28.6 Å². The second kappa shape index (κ2) is 7.05. The number of aromatic carboxylic acids is 1. The molecule has 3 fully saturated rings. The maximum atomic E-state index is 12.1. The first kappa shape index (κ1) is 20.0. The highest BCUT2D eigenvalue weighted by Gasteiger charge is 2.60. The van der Waals surface area contributed by atoms with Crippen molar-refractivity contribution < 1.29 is 19.8 Å². The number of rotatable bonds is 3. The van der Waals surface area contributed by atoms with Gasteiger partial charge in [0.1, 0.15) is 0 Å². The summed E-state index contributed by atoms with van der Waals surface area (Å²) >= 11 is 0. The second-order valence-corrected chi connectivity index (χ2v) is 10.4. The molecule has 0 bridgehead atoms. The van der Waals surface area contributed by atoms with Gasteiger partial charge in [-0.25, -0.2) is 4.79 Å². The SMILES string of the molecule is CC12CCC3C(CCC4=CC(=O)CCC43CO)C1CCC2c1ccccc1C(=O)O. The van der Waals surface area contributed by atoms with Crippen molar-refractivity contribution in [2.75, 3.05) is 6.61 Å². The van der Waals surface area contributed by atoms with Crippen molar-refractivity contribution in [2.45, 2.75) is 64.2 Å². The molecule has 160 valence electrons. The van der Waals surface area contributed by atoms with Crippen LogP contribution in [-0.2, 0) is 4.79 Å². The van der Waals surface area contributed by atoms with E-state index in [4.69, 9.17) is 0 Å². The molecule has 6 unspecified atom stereocenters. The van der Waals surface area contributed by atoms with E-state index in [2.05, 4.69) is 6.92 Å². The van der Waals surface area contributed by atoms with Crippen LogP contribution in [0.15, 0.2) is 35.9 Å². The Morgan fingerprint density at radius 2 is 1.87 bits per heavy atom. The Morgan fingerprint density at radius 3 is 2.63 bits per heavy atom. The predicted octanol–water partition coefficient (Wildman–Crippen LogP) is 4.97. The van der Waals surface area contributed by atoms with Gasteiger partial charge in [0.05, 0.1) is 12.2 Å². The molecule has 4 aliphatic rings. The van der Waals surface area contributed by atoms with Crippen LogP contribution in [0, 0.1) is 28.6 Å². The fourth-order valence-corrected chi connectivity index (χ4v) is 8.16. The van der Waals surface area contributed by atoms with Crippen molar-refractivity contribution >= 4 is 11.8 Å². The normalized spacial score (nSPS) is 40.2. The number of fused-ring (bicyclic) bond motifs is 5. The van der Waals surface area contributed by atoms with E-state index in [-0.39, 0.29) is 29.1 Å². The Balaban J connectivity index is 1.50. The fourth-order valence-electron chi connectivity index (χ4n) is 8.16. The predicted molar refractivity (Wildman–Crippen MR) is 114 cm³/mol. The lowest BCUT2D eigenvalue weighted by Gasteiger charge is -2.58. The van der Waals surface area contributed by atoms with Gasteiger partial charge in [0.15, 0.2) is 5.78 Å². The minimum Gasteiger partial charge on any atom is -0.478 e. The van der Waals surface area contributed by atoms with Crippen LogP contribution in [0.1, 0.15) is 80.1 Å². The number of hydrogen-bond acceptors (Lipinski definition) is 3. The van der Waals surface area contributed by atoms with E-state index < -0.39 is 5.97 Å². The van der Waals surface area contributed by atoms with Gasteiger partial charge < -0.3 is 10.2 Å². The molecule has 1 aromatic rings. The third-order valence-corrected chi connectivity index (χ3v) is 9.53. The number of hydrogen-bond donors (Lipinski definition) is 2. The van der Waals surface area contributed by atoms with Crippen LogP contribution < -0.4 is 0 Å². The maximum absolute atomic E-state index is 12.1. The first-order valence-electron chi connectivity index (χ1n) is 11.6. The standard InChI is InChI=1S/C26H32O4/c1-25-12-11-23-20(7-6-16-14-17(28)10-13-26(16,23)15-27)22(25)9-8-21(25)18-4-2-3-5-19(18)24(29)30/h2-5,14,20-23,27H,6-13,15H2,1H3,(H,29,30). The molecule has 30 heavy (non-hydrogen) atoms. The van der Waals surface area contributed by atoms with Gasteiger partial charge in [-0.3, -0.25) is 4.79 Å². The number of carboxylic acid groups (broad SMARTS) is 1. The van der Waals surface area contributed by atoms with Gasteiger partial charge in [-0.05, 0) is 91.7 Å². The summed E-state index contributed by atoms with van der Waals surface area (Å²) in [6.07, 6.45) is 9.54. The minimum absolute atomic E-state index is 0.106. The Labute approximate surface area is 178 Å². The third-order valence-electron chi connectivity index (χ3n) is 9.53. The number of carboxylic acids is 1. The van der Waals surface area contributed by atoms with E-state index in [1.165, 1.54) is 5.57 Å². The molecule has 6 atom stereocenters. The molecule has 2 N–H and O–H groups in total. The Morgan fingerprint density at radius 1 is 1.07 bits per heavy atom. The van der Waals surface area contributed by atoms with Crippen LogP contribution in [0.5, 0.6) is 0 Å². The number of aliphatic hydroxyl groups is 1. The van der Waals surface area contributed by atoms with E-state index in [9.17, 15) is 19.8 Å². The first-order valence-corrected chi connectivity index (χ1v) is 11.6. The smallest absolute Gasteiger partial charge is 0.335 e. The number of carbonyl (C=O) groups is 2. The van der Waals surface area contributed by atoms with Crippen LogP contribution in [-0.4, -0.2) is 28.6 Å². The van der Waals surface area contributed by atoms with Crippen molar-refractivity contribution in [3.05, 3.63) is 47.0 Å². The molecule has 4 aliphatic carbocycles. The molecule has 0 radical (unpaired) electrons. The third kappa shape index (κ3) is 2.69. The highest BCUT2D eigenvalue weighted by Crippen LogP contribution is 2.68. The van der Waals surface area contributed by atoms with Crippen molar-refractivity contribution in [3.63, 3.8) is 0 Å². The molecular formula is C26H32O4. The number of ketones is 1. The molecular weight excluding hydrogens is 376 g/mol. The summed E-state index contributed by atoms with van der Waals surface area (Å²) in [5.74, 6) is 1.24. The van der Waals surface area contributed by atoms with Gasteiger partial charge in [0, 0.05) is 11.8 Å². The largest absolute Gasteiger partial charge is 0.478 e. The molecule has 4 nitrogen and oxygen atoms in total. The van der Waals surface area contributed by atoms with Crippen LogP contribution in [0.25, 0.3) is 0 Å². The number of carbonyl (C=O) groups excluding carboxylic acids is 1. The summed E-state index contributed by atoms with van der Waals surface area (Å²) < 4.78 is 0. The Hall–Kier alpha value is -1.94. The quantitative estimate of drug-likeness (QED) is 0.740. The van der Waals surface area contributed by atoms with Gasteiger partial charge in [0.25, 0.3) is 0 Å². The maximum Gasteiger partial charge on any atom is 0.335 e. The monoisotopic (exact) mass is 408 g/mol.